The fraction of sp³-hybridized carbons (Fsp3) is 0.294. The summed E-state index contributed by atoms with van der Waals surface area (Å²) in [5.41, 5.74) is 0.841. The second kappa shape index (κ2) is 6.47. The molecular weight excluding hydrogens is 282 g/mol. The highest BCUT2D eigenvalue weighted by atomic mass is 16.5. The zero-order valence-corrected chi connectivity index (χ0v) is 12.8. The Bertz CT molecular complexity index is 711. The third kappa shape index (κ3) is 3.36. The molecular formula is C17H19NO4. The van der Waals surface area contributed by atoms with Gasteiger partial charge < -0.3 is 15.2 Å². The van der Waals surface area contributed by atoms with Gasteiger partial charge in [-0.2, -0.15) is 0 Å². The Kier molecular flexibility index (Phi) is 4.65. The van der Waals surface area contributed by atoms with Crippen LogP contribution in [0.1, 0.15) is 25.3 Å². The summed E-state index contributed by atoms with van der Waals surface area (Å²) in [6, 6.07) is 10.6. The predicted molar refractivity (Wildman–Crippen MR) is 84.2 cm³/mol. The molecule has 0 aliphatic rings. The summed E-state index contributed by atoms with van der Waals surface area (Å²) in [5.74, 6) is -0.997. The van der Waals surface area contributed by atoms with Crippen LogP contribution in [0, 0.1) is 0 Å². The smallest absolute Gasteiger partial charge is 0.325 e. The number of fused-ring (bicyclic) bond motifs is 1. The summed E-state index contributed by atoms with van der Waals surface area (Å²) >= 11 is 0. The molecule has 0 heterocycles. The quantitative estimate of drug-likeness (QED) is 0.890. The van der Waals surface area contributed by atoms with E-state index in [1.54, 1.807) is 14.0 Å². The van der Waals surface area contributed by atoms with Crippen LogP contribution in [0.15, 0.2) is 36.4 Å². The summed E-state index contributed by atoms with van der Waals surface area (Å²) < 4.78 is 5.18. The van der Waals surface area contributed by atoms with E-state index in [0.717, 1.165) is 22.1 Å². The van der Waals surface area contributed by atoms with Gasteiger partial charge in [0.15, 0.2) is 0 Å². The molecule has 0 unspecified atom stereocenters. The lowest BCUT2D eigenvalue weighted by Crippen LogP contribution is -2.40. The number of carboxylic acids is 1. The number of benzene rings is 2. The van der Waals surface area contributed by atoms with E-state index in [-0.39, 0.29) is 5.91 Å². The monoisotopic (exact) mass is 301 g/mol. The SMILES string of the molecule is COc1ccc2cc([C@H](C)C(=O)N[C@H](C)C(=O)O)ccc2c1. The van der Waals surface area contributed by atoms with Crippen LogP contribution in [-0.4, -0.2) is 30.1 Å². The molecule has 0 aromatic heterocycles. The van der Waals surface area contributed by atoms with Gasteiger partial charge in [-0.15, -0.1) is 0 Å². The van der Waals surface area contributed by atoms with E-state index in [1.807, 2.05) is 36.4 Å². The molecule has 0 aliphatic carbocycles. The molecule has 0 saturated carbocycles. The van der Waals surface area contributed by atoms with Crippen LogP contribution in [0.25, 0.3) is 10.8 Å². The first-order valence-electron chi connectivity index (χ1n) is 7.03. The van der Waals surface area contributed by atoms with Gasteiger partial charge in [0.05, 0.1) is 13.0 Å². The number of rotatable bonds is 5. The van der Waals surface area contributed by atoms with E-state index in [1.165, 1.54) is 6.92 Å². The summed E-state index contributed by atoms with van der Waals surface area (Å²) in [7, 11) is 1.62. The van der Waals surface area contributed by atoms with Crippen molar-refractivity contribution in [3.8, 4) is 5.75 Å². The van der Waals surface area contributed by atoms with Gasteiger partial charge in [0, 0.05) is 0 Å². The molecule has 5 nitrogen and oxygen atoms in total. The van der Waals surface area contributed by atoms with Gasteiger partial charge >= 0.3 is 5.97 Å². The number of nitrogens with one attached hydrogen (secondary N) is 1. The molecule has 0 spiro atoms. The number of carbonyl (C=O) groups excluding carboxylic acids is 1. The summed E-state index contributed by atoms with van der Waals surface area (Å²) in [4.78, 5) is 22.9. The summed E-state index contributed by atoms with van der Waals surface area (Å²) in [6.45, 7) is 3.20. The summed E-state index contributed by atoms with van der Waals surface area (Å²) in [5, 5.41) is 13.4. The van der Waals surface area contributed by atoms with Gasteiger partial charge in [0.1, 0.15) is 11.8 Å². The minimum absolute atomic E-state index is 0.303. The van der Waals surface area contributed by atoms with Crippen LogP contribution in [0.3, 0.4) is 0 Å². The predicted octanol–water partition coefficient (Wildman–Crippen LogP) is 2.54. The molecule has 2 atom stereocenters. The van der Waals surface area contributed by atoms with Crippen molar-refractivity contribution in [3.63, 3.8) is 0 Å². The van der Waals surface area contributed by atoms with Crippen molar-refractivity contribution in [2.75, 3.05) is 7.11 Å². The highest BCUT2D eigenvalue weighted by molar-refractivity contribution is 5.90. The first kappa shape index (κ1) is 15.8. The third-order valence-electron chi connectivity index (χ3n) is 3.69. The fourth-order valence-electron chi connectivity index (χ4n) is 2.19. The lowest BCUT2D eigenvalue weighted by Gasteiger charge is -2.15. The van der Waals surface area contributed by atoms with Crippen LogP contribution < -0.4 is 10.1 Å². The first-order valence-corrected chi connectivity index (χ1v) is 7.03. The largest absolute Gasteiger partial charge is 0.497 e. The van der Waals surface area contributed by atoms with Crippen LogP contribution >= 0.6 is 0 Å². The molecule has 1 amide bonds. The number of hydrogen-bond acceptors (Lipinski definition) is 3. The number of ether oxygens (including phenoxy) is 1. The molecule has 2 aromatic carbocycles. The molecule has 116 valence electrons. The number of methoxy groups -OCH3 is 1. The van der Waals surface area contributed by atoms with E-state index in [0.29, 0.717) is 0 Å². The van der Waals surface area contributed by atoms with Crippen molar-refractivity contribution < 1.29 is 19.4 Å². The third-order valence-corrected chi connectivity index (χ3v) is 3.69. The lowest BCUT2D eigenvalue weighted by molar-refractivity contribution is -0.141. The van der Waals surface area contributed by atoms with Gasteiger partial charge in [-0.1, -0.05) is 24.3 Å². The van der Waals surface area contributed by atoms with Crippen LogP contribution in [0.5, 0.6) is 5.75 Å². The second-order valence-electron chi connectivity index (χ2n) is 5.26. The van der Waals surface area contributed by atoms with E-state index < -0.39 is 17.9 Å². The number of hydrogen-bond donors (Lipinski definition) is 2. The zero-order valence-electron chi connectivity index (χ0n) is 12.8. The Labute approximate surface area is 128 Å². The Morgan fingerprint density at radius 3 is 2.36 bits per heavy atom. The maximum atomic E-state index is 12.1. The minimum atomic E-state index is -1.05. The van der Waals surface area contributed by atoms with Gasteiger partial charge in [0.2, 0.25) is 5.91 Å². The van der Waals surface area contributed by atoms with Crippen molar-refractivity contribution in [2.24, 2.45) is 0 Å². The molecule has 2 aromatic rings. The summed E-state index contributed by atoms with van der Waals surface area (Å²) in [6.07, 6.45) is 0. The van der Waals surface area contributed by atoms with Gasteiger partial charge in [-0.3, -0.25) is 9.59 Å². The van der Waals surface area contributed by atoms with Crippen molar-refractivity contribution in [3.05, 3.63) is 42.0 Å². The van der Waals surface area contributed by atoms with Crippen molar-refractivity contribution in [1.29, 1.82) is 0 Å². The van der Waals surface area contributed by atoms with Crippen molar-refractivity contribution >= 4 is 22.6 Å². The lowest BCUT2D eigenvalue weighted by atomic mass is 9.96. The molecule has 2 N–H and O–H groups in total. The second-order valence-corrected chi connectivity index (χ2v) is 5.26. The van der Waals surface area contributed by atoms with Crippen LogP contribution in [-0.2, 0) is 9.59 Å². The number of carboxylic acid groups (broad SMARTS) is 1. The Morgan fingerprint density at radius 1 is 1.09 bits per heavy atom. The van der Waals surface area contributed by atoms with Crippen molar-refractivity contribution in [1.82, 2.24) is 5.32 Å². The molecule has 0 bridgehead atoms. The average Bonchev–Trinajstić information content (AvgIpc) is 2.52. The van der Waals surface area contributed by atoms with E-state index in [2.05, 4.69) is 5.32 Å². The van der Waals surface area contributed by atoms with Crippen LogP contribution in [0.2, 0.25) is 0 Å². The zero-order chi connectivity index (χ0) is 16.3. The molecule has 0 saturated heterocycles. The number of aliphatic carboxylic acids is 1. The average molecular weight is 301 g/mol. The molecule has 5 heteroatoms. The topological polar surface area (TPSA) is 75.6 Å². The maximum absolute atomic E-state index is 12.1. The number of amides is 1. The molecule has 0 aliphatic heterocycles. The normalized spacial score (nSPS) is 13.4. The highest BCUT2D eigenvalue weighted by Gasteiger charge is 2.20. The van der Waals surface area contributed by atoms with Gasteiger partial charge in [-0.05, 0) is 42.3 Å². The Morgan fingerprint density at radius 2 is 1.73 bits per heavy atom. The molecule has 22 heavy (non-hydrogen) atoms. The van der Waals surface area contributed by atoms with Gasteiger partial charge in [0.25, 0.3) is 0 Å². The highest BCUT2D eigenvalue weighted by Crippen LogP contribution is 2.25. The van der Waals surface area contributed by atoms with Crippen LogP contribution in [0.4, 0.5) is 0 Å². The first-order chi connectivity index (χ1) is 10.4. The Hall–Kier alpha value is -2.56. The minimum Gasteiger partial charge on any atom is -0.497 e. The van der Waals surface area contributed by atoms with Gasteiger partial charge in [-0.25, -0.2) is 0 Å². The van der Waals surface area contributed by atoms with Crippen molar-refractivity contribution in [2.45, 2.75) is 25.8 Å². The Balaban J connectivity index is 2.22. The fourth-order valence-corrected chi connectivity index (χ4v) is 2.19. The standard InChI is InChI=1S/C17H19NO4/c1-10(16(19)18-11(2)17(20)21)12-4-5-14-9-15(22-3)7-6-13(14)8-12/h4-11H,1-3H3,(H,18,19)(H,20,21)/t10-,11+/m0/s1. The van der Waals surface area contributed by atoms with E-state index in [4.69, 9.17) is 9.84 Å². The molecule has 0 radical (unpaired) electrons. The van der Waals surface area contributed by atoms with E-state index in [9.17, 15) is 9.59 Å². The van der Waals surface area contributed by atoms with E-state index >= 15 is 0 Å². The number of carbonyl (C=O) groups is 2. The maximum Gasteiger partial charge on any atom is 0.325 e. The molecule has 0 fully saturated rings. The molecule has 2 rings (SSSR count).